The van der Waals surface area contributed by atoms with E-state index in [4.69, 9.17) is 17.0 Å². The first-order chi connectivity index (χ1) is 10.1. The maximum absolute atomic E-state index is 5.35. The third kappa shape index (κ3) is 4.46. The molecule has 0 aliphatic heterocycles. The lowest BCUT2D eigenvalue weighted by Gasteiger charge is -2.17. The molecule has 0 aromatic heterocycles. The molecule has 2 N–H and O–H groups in total. The third-order valence-corrected chi connectivity index (χ3v) is 3.47. The molecule has 2 rings (SSSR count). The van der Waals surface area contributed by atoms with Crippen molar-refractivity contribution in [3.8, 4) is 5.75 Å². The number of methoxy groups -OCH3 is 1. The molecule has 0 amide bonds. The van der Waals surface area contributed by atoms with E-state index in [0.717, 1.165) is 11.4 Å². The van der Waals surface area contributed by atoms with Gasteiger partial charge in [0, 0.05) is 11.8 Å². The molecule has 0 aliphatic carbocycles. The van der Waals surface area contributed by atoms with Crippen molar-refractivity contribution in [2.24, 2.45) is 0 Å². The lowest BCUT2D eigenvalue weighted by atomic mass is 10.1. The number of hydrogen-bond acceptors (Lipinski definition) is 2. The van der Waals surface area contributed by atoms with E-state index in [-0.39, 0.29) is 6.04 Å². The van der Waals surface area contributed by atoms with E-state index in [9.17, 15) is 0 Å². The predicted octanol–water partition coefficient (Wildman–Crippen LogP) is 4.05. The molecule has 0 heterocycles. The van der Waals surface area contributed by atoms with E-state index in [1.165, 1.54) is 11.1 Å². The summed E-state index contributed by atoms with van der Waals surface area (Å²) >= 11 is 5.35. The van der Waals surface area contributed by atoms with Crippen LogP contribution in [0.25, 0.3) is 0 Å². The first-order valence-electron chi connectivity index (χ1n) is 6.86. The van der Waals surface area contributed by atoms with Gasteiger partial charge in [0.05, 0.1) is 13.2 Å². The summed E-state index contributed by atoms with van der Waals surface area (Å²) in [4.78, 5) is 0. The number of nitrogens with one attached hydrogen (secondary N) is 2. The molecule has 2 aromatic rings. The summed E-state index contributed by atoms with van der Waals surface area (Å²) in [5, 5.41) is 7.04. The van der Waals surface area contributed by atoms with Crippen LogP contribution in [0.2, 0.25) is 0 Å². The first-order valence-corrected chi connectivity index (χ1v) is 7.27. The smallest absolute Gasteiger partial charge is 0.171 e. The lowest BCUT2D eigenvalue weighted by Crippen LogP contribution is -2.30. The van der Waals surface area contributed by atoms with Crippen molar-refractivity contribution in [2.75, 3.05) is 12.4 Å². The first kappa shape index (κ1) is 15.3. The number of benzene rings is 2. The second-order valence-corrected chi connectivity index (χ2v) is 5.37. The molecule has 0 saturated heterocycles. The van der Waals surface area contributed by atoms with Crippen LogP contribution in [0.4, 0.5) is 5.69 Å². The average Bonchev–Trinajstić information content (AvgIpc) is 2.47. The molecule has 1 atom stereocenters. The molecule has 0 radical (unpaired) electrons. The van der Waals surface area contributed by atoms with Crippen molar-refractivity contribution >= 4 is 23.0 Å². The van der Waals surface area contributed by atoms with E-state index in [1.807, 2.05) is 24.3 Å². The number of thiocarbonyl (C=S) groups is 1. The Morgan fingerprint density at radius 2 is 1.86 bits per heavy atom. The number of rotatable bonds is 4. The van der Waals surface area contributed by atoms with E-state index in [1.54, 1.807) is 7.11 Å². The number of anilines is 1. The summed E-state index contributed by atoms with van der Waals surface area (Å²) in [5.41, 5.74) is 3.36. The Labute approximate surface area is 131 Å². The summed E-state index contributed by atoms with van der Waals surface area (Å²) in [6.07, 6.45) is 0. The summed E-state index contributed by atoms with van der Waals surface area (Å²) < 4.78 is 5.19. The fraction of sp³-hybridized carbons (Fsp3) is 0.235. The van der Waals surface area contributed by atoms with Gasteiger partial charge in [0.1, 0.15) is 5.75 Å². The Bertz CT molecular complexity index is 610. The molecule has 4 heteroatoms. The Kier molecular flexibility index (Phi) is 5.17. The van der Waals surface area contributed by atoms with Crippen LogP contribution in [0.5, 0.6) is 5.75 Å². The monoisotopic (exact) mass is 300 g/mol. The highest BCUT2D eigenvalue weighted by atomic mass is 32.1. The van der Waals surface area contributed by atoms with Crippen molar-refractivity contribution in [2.45, 2.75) is 19.9 Å². The molecule has 0 fully saturated rings. The van der Waals surface area contributed by atoms with Gasteiger partial charge in [-0.2, -0.15) is 0 Å². The highest BCUT2D eigenvalue weighted by Crippen LogP contribution is 2.17. The van der Waals surface area contributed by atoms with E-state index >= 15 is 0 Å². The topological polar surface area (TPSA) is 33.3 Å². The fourth-order valence-electron chi connectivity index (χ4n) is 2.00. The van der Waals surface area contributed by atoms with Gasteiger partial charge < -0.3 is 15.4 Å². The molecule has 2 aromatic carbocycles. The summed E-state index contributed by atoms with van der Waals surface area (Å²) in [6.45, 7) is 4.17. The largest absolute Gasteiger partial charge is 0.497 e. The van der Waals surface area contributed by atoms with Gasteiger partial charge in [0.2, 0.25) is 0 Å². The minimum atomic E-state index is 0.149. The second kappa shape index (κ2) is 7.09. The molecule has 0 unspecified atom stereocenters. The Morgan fingerprint density at radius 1 is 1.14 bits per heavy atom. The maximum atomic E-state index is 5.35. The van der Waals surface area contributed by atoms with Gasteiger partial charge in [0.15, 0.2) is 5.11 Å². The van der Waals surface area contributed by atoms with E-state index < -0.39 is 0 Å². The average molecular weight is 300 g/mol. The van der Waals surface area contributed by atoms with E-state index in [0.29, 0.717) is 5.11 Å². The summed E-state index contributed by atoms with van der Waals surface area (Å²) in [7, 11) is 1.65. The molecule has 21 heavy (non-hydrogen) atoms. The highest BCUT2D eigenvalue weighted by Gasteiger charge is 2.07. The van der Waals surface area contributed by atoms with Gasteiger partial charge in [-0.05, 0) is 43.8 Å². The van der Waals surface area contributed by atoms with Crippen LogP contribution in [-0.4, -0.2) is 12.2 Å². The van der Waals surface area contributed by atoms with Crippen LogP contribution in [0.3, 0.4) is 0 Å². The Balaban J connectivity index is 1.96. The van der Waals surface area contributed by atoms with Gasteiger partial charge in [-0.3, -0.25) is 0 Å². The van der Waals surface area contributed by atoms with Crippen molar-refractivity contribution in [1.29, 1.82) is 0 Å². The quantitative estimate of drug-likeness (QED) is 0.835. The van der Waals surface area contributed by atoms with Gasteiger partial charge in [0.25, 0.3) is 0 Å². The van der Waals surface area contributed by atoms with Gasteiger partial charge >= 0.3 is 0 Å². The number of ether oxygens (including phenoxy) is 1. The minimum Gasteiger partial charge on any atom is -0.497 e. The molecular formula is C17H20N2OS. The molecule has 0 aliphatic rings. The van der Waals surface area contributed by atoms with Crippen LogP contribution in [0, 0.1) is 6.92 Å². The minimum absolute atomic E-state index is 0.149. The Hall–Kier alpha value is -2.07. The van der Waals surface area contributed by atoms with Crippen LogP contribution in [0.1, 0.15) is 24.1 Å². The highest BCUT2D eigenvalue weighted by molar-refractivity contribution is 7.80. The van der Waals surface area contributed by atoms with Crippen LogP contribution in [-0.2, 0) is 0 Å². The predicted molar refractivity (Wildman–Crippen MR) is 91.9 cm³/mol. The molecule has 0 bridgehead atoms. The van der Waals surface area contributed by atoms with Gasteiger partial charge in [-0.1, -0.05) is 35.9 Å². The zero-order chi connectivity index (χ0) is 15.2. The molecular weight excluding hydrogens is 280 g/mol. The second-order valence-electron chi connectivity index (χ2n) is 4.96. The molecule has 110 valence electrons. The van der Waals surface area contributed by atoms with Crippen LogP contribution < -0.4 is 15.4 Å². The number of hydrogen-bond donors (Lipinski definition) is 2. The number of aryl methyl sites for hydroxylation is 1. The van der Waals surface area contributed by atoms with Crippen molar-refractivity contribution < 1.29 is 4.74 Å². The molecule has 0 spiro atoms. The summed E-state index contributed by atoms with van der Waals surface area (Å²) in [5.74, 6) is 0.800. The fourth-order valence-corrected chi connectivity index (χ4v) is 2.30. The standard InChI is InChI=1S/C17H20N2OS/c1-12-7-9-14(10-8-12)13(2)18-17(21)19-15-5-4-6-16(11-15)20-3/h4-11,13H,1-3H3,(H2,18,19,21)/t13-/m0/s1. The molecule has 0 saturated carbocycles. The van der Waals surface area contributed by atoms with Crippen molar-refractivity contribution in [3.05, 3.63) is 59.7 Å². The Morgan fingerprint density at radius 3 is 2.52 bits per heavy atom. The van der Waals surface area contributed by atoms with Crippen molar-refractivity contribution in [1.82, 2.24) is 5.32 Å². The van der Waals surface area contributed by atoms with Gasteiger partial charge in [-0.25, -0.2) is 0 Å². The normalized spacial score (nSPS) is 11.6. The zero-order valence-electron chi connectivity index (χ0n) is 12.5. The van der Waals surface area contributed by atoms with E-state index in [2.05, 4.69) is 48.7 Å². The van der Waals surface area contributed by atoms with Gasteiger partial charge in [-0.15, -0.1) is 0 Å². The van der Waals surface area contributed by atoms with Crippen molar-refractivity contribution in [3.63, 3.8) is 0 Å². The zero-order valence-corrected chi connectivity index (χ0v) is 13.3. The SMILES string of the molecule is COc1cccc(NC(=S)N[C@@H](C)c2ccc(C)cc2)c1. The summed E-state index contributed by atoms with van der Waals surface area (Å²) in [6, 6.07) is 16.3. The maximum Gasteiger partial charge on any atom is 0.171 e. The lowest BCUT2D eigenvalue weighted by molar-refractivity contribution is 0.415. The van der Waals surface area contributed by atoms with Crippen LogP contribution >= 0.6 is 12.2 Å². The molecule has 3 nitrogen and oxygen atoms in total. The van der Waals surface area contributed by atoms with Crippen LogP contribution in [0.15, 0.2) is 48.5 Å². The third-order valence-electron chi connectivity index (χ3n) is 3.25.